The van der Waals surface area contributed by atoms with Crippen molar-refractivity contribution in [3.05, 3.63) is 32.3 Å². The van der Waals surface area contributed by atoms with Crippen molar-refractivity contribution in [3.8, 4) is 5.69 Å². The minimum Gasteiger partial charge on any atom is -0.756 e. The van der Waals surface area contributed by atoms with Crippen LogP contribution in [0.5, 0.6) is 0 Å². The zero-order chi connectivity index (χ0) is 19.7. The molecule has 12 nitrogen and oxygen atoms in total. The third kappa shape index (κ3) is 5.29. The predicted octanol–water partition coefficient (Wildman–Crippen LogP) is 0.0248. The predicted molar refractivity (Wildman–Crippen MR) is 89.8 cm³/mol. The fraction of sp³-hybridized carbons (Fsp3) is 0.364. The molecule has 2 aromatic heterocycles. The van der Waals surface area contributed by atoms with E-state index in [1.165, 1.54) is 10.8 Å². The molecule has 0 amide bonds. The molecule has 2 rings (SSSR count). The smallest absolute Gasteiger partial charge is 0.478 e. The van der Waals surface area contributed by atoms with Crippen molar-refractivity contribution in [1.82, 2.24) is 14.5 Å². The van der Waals surface area contributed by atoms with Crippen LogP contribution in [0.25, 0.3) is 5.69 Å². The van der Waals surface area contributed by atoms with Crippen LogP contribution in [0.3, 0.4) is 0 Å². The second-order valence-corrected chi connectivity index (χ2v) is 8.83. The van der Waals surface area contributed by atoms with E-state index < -0.39 is 22.3 Å². The molecule has 0 fully saturated rings. The first-order chi connectivity index (χ1) is 11.9. The molecule has 26 heavy (non-hydrogen) atoms. The van der Waals surface area contributed by atoms with Gasteiger partial charge in [-0.25, -0.2) is 18.8 Å². The summed E-state index contributed by atoms with van der Waals surface area (Å²) in [6, 6.07) is 0. The molecule has 0 spiro atoms. The van der Waals surface area contributed by atoms with Crippen LogP contribution < -0.4 is 15.5 Å². The van der Waals surface area contributed by atoms with E-state index in [-0.39, 0.29) is 17.1 Å². The topological polar surface area (TPSA) is 190 Å². The fourth-order valence-electron chi connectivity index (χ4n) is 2.06. The molecule has 0 bridgehead atoms. The average Bonchev–Trinajstić information content (AvgIpc) is 2.72. The molecule has 2 aromatic rings. The molecule has 0 radical (unpaired) electrons. The number of rotatable bonds is 7. The number of nitrogens with zero attached hydrogens (tertiary/aromatic N) is 3. The van der Waals surface area contributed by atoms with Gasteiger partial charge in [-0.2, -0.15) is 0 Å². The van der Waals surface area contributed by atoms with Gasteiger partial charge in [-0.05, 0) is 13.8 Å². The van der Waals surface area contributed by atoms with Gasteiger partial charge in [-0.15, -0.1) is 0 Å². The van der Waals surface area contributed by atoms with Gasteiger partial charge in [0.2, 0.25) is 0 Å². The summed E-state index contributed by atoms with van der Waals surface area (Å²) >= 11 is 0.851. The normalized spacial score (nSPS) is 16.2. The lowest BCUT2D eigenvalue weighted by atomic mass is 10.3. The molecular weight excluding hydrogens is 410 g/mol. The van der Waals surface area contributed by atoms with E-state index in [0.29, 0.717) is 22.1 Å². The first-order valence-corrected chi connectivity index (χ1v) is 10.7. The number of aromatic nitrogens is 3. The SMILES string of the molecule is Cc1ncc(-n2c(C)c(CCOP(=O)(O)OP(=O)([O-])O)sc2=O)c(N)n1. The molecule has 2 atom stereocenters. The van der Waals surface area contributed by atoms with E-state index in [0.717, 1.165) is 11.3 Å². The minimum absolute atomic E-state index is 0.00780. The highest BCUT2D eigenvalue weighted by atomic mass is 32.1. The Morgan fingerprint density at radius 1 is 1.38 bits per heavy atom. The lowest BCUT2D eigenvalue weighted by molar-refractivity contribution is -0.212. The summed E-state index contributed by atoms with van der Waals surface area (Å²) in [5.74, 6) is 0.560. The summed E-state index contributed by atoms with van der Waals surface area (Å²) < 4.78 is 31.2. The Kier molecular flexibility index (Phi) is 6.16. The standard InChI is InChI=1S/C11H16N4O8P2S/c1-6-9(3-4-22-25(20,21)23-24(17,18)19)26-11(16)15(6)8-5-13-7(2)14-10(8)12/h5H,3-4H2,1-2H3,(H,20,21)(H2,12,13,14)(H2,17,18,19)/p-1. The van der Waals surface area contributed by atoms with E-state index in [1.54, 1.807) is 13.8 Å². The number of nitrogens with two attached hydrogens (primary N) is 1. The summed E-state index contributed by atoms with van der Waals surface area (Å²) in [5, 5.41) is 0. The van der Waals surface area contributed by atoms with Gasteiger partial charge in [-0.3, -0.25) is 18.5 Å². The molecule has 144 valence electrons. The van der Waals surface area contributed by atoms with Crippen LogP contribution in [-0.2, 0) is 24.4 Å². The van der Waals surface area contributed by atoms with Crippen molar-refractivity contribution in [1.29, 1.82) is 0 Å². The number of nitrogen functional groups attached to an aromatic ring is 1. The van der Waals surface area contributed by atoms with Gasteiger partial charge in [0.1, 0.15) is 11.5 Å². The van der Waals surface area contributed by atoms with Crippen LogP contribution in [0.2, 0.25) is 0 Å². The summed E-state index contributed by atoms with van der Waals surface area (Å²) in [5.41, 5.74) is 6.61. The summed E-state index contributed by atoms with van der Waals surface area (Å²) in [6.07, 6.45) is 1.41. The largest absolute Gasteiger partial charge is 0.756 e. The molecule has 4 N–H and O–H groups in total. The van der Waals surface area contributed by atoms with Crippen molar-refractivity contribution in [2.45, 2.75) is 20.3 Å². The monoisotopic (exact) mass is 425 g/mol. The van der Waals surface area contributed by atoms with E-state index in [1.807, 2.05) is 0 Å². The molecule has 0 saturated heterocycles. The highest BCUT2D eigenvalue weighted by Crippen LogP contribution is 2.55. The number of phosphoric acid groups is 2. The zero-order valence-corrected chi connectivity index (χ0v) is 16.2. The molecule has 0 aliphatic heterocycles. The van der Waals surface area contributed by atoms with Gasteiger partial charge in [-0.1, -0.05) is 11.3 Å². The van der Waals surface area contributed by atoms with Crippen LogP contribution in [0.4, 0.5) is 5.82 Å². The maximum absolute atomic E-state index is 12.2. The van der Waals surface area contributed by atoms with Crippen molar-refractivity contribution in [3.63, 3.8) is 0 Å². The zero-order valence-electron chi connectivity index (χ0n) is 13.6. The average molecular weight is 425 g/mol. The van der Waals surface area contributed by atoms with Crippen LogP contribution in [0.1, 0.15) is 16.4 Å². The Morgan fingerprint density at radius 2 is 2.04 bits per heavy atom. The molecule has 15 heteroatoms. The molecule has 2 heterocycles. The number of anilines is 1. The van der Waals surface area contributed by atoms with Crippen LogP contribution in [-0.4, -0.2) is 30.9 Å². The maximum Gasteiger partial charge on any atom is 0.478 e. The number of phosphoric ester groups is 1. The first-order valence-electron chi connectivity index (χ1n) is 6.93. The van der Waals surface area contributed by atoms with Gasteiger partial charge in [0.25, 0.3) is 7.82 Å². The molecule has 2 unspecified atom stereocenters. The third-order valence-corrected chi connectivity index (χ3v) is 6.34. The summed E-state index contributed by atoms with van der Waals surface area (Å²) in [4.78, 5) is 48.4. The van der Waals surface area contributed by atoms with Gasteiger partial charge in [0.15, 0.2) is 5.82 Å². The van der Waals surface area contributed by atoms with Gasteiger partial charge >= 0.3 is 12.7 Å². The molecule has 0 aliphatic rings. The Morgan fingerprint density at radius 3 is 2.62 bits per heavy atom. The number of hydrogen-bond acceptors (Lipinski definition) is 10. The van der Waals surface area contributed by atoms with Crippen molar-refractivity contribution in [2.24, 2.45) is 0 Å². The lowest BCUT2D eigenvalue weighted by Gasteiger charge is -2.18. The number of thiazole rings is 1. The second-order valence-electron chi connectivity index (χ2n) is 5.00. The van der Waals surface area contributed by atoms with Gasteiger partial charge in [0.05, 0.1) is 12.8 Å². The van der Waals surface area contributed by atoms with E-state index in [2.05, 4.69) is 18.8 Å². The molecular formula is C11H15N4O8P2S-. The molecule has 0 aliphatic carbocycles. The van der Waals surface area contributed by atoms with Crippen LogP contribution >= 0.6 is 27.0 Å². The third-order valence-electron chi connectivity index (χ3n) is 3.08. The molecule has 0 saturated carbocycles. The summed E-state index contributed by atoms with van der Waals surface area (Å²) in [7, 11) is -10.4. The molecule has 0 aromatic carbocycles. The van der Waals surface area contributed by atoms with E-state index >= 15 is 0 Å². The second kappa shape index (κ2) is 7.67. The Hall–Kier alpha value is -1.43. The maximum atomic E-state index is 12.2. The summed E-state index contributed by atoms with van der Waals surface area (Å²) in [6.45, 7) is 2.84. The highest BCUT2D eigenvalue weighted by Gasteiger charge is 2.27. The van der Waals surface area contributed by atoms with Crippen molar-refractivity contribution < 1.29 is 32.6 Å². The van der Waals surface area contributed by atoms with E-state index in [4.69, 9.17) is 10.6 Å². The van der Waals surface area contributed by atoms with Crippen molar-refractivity contribution in [2.75, 3.05) is 12.3 Å². The van der Waals surface area contributed by atoms with E-state index in [9.17, 15) is 23.7 Å². The van der Waals surface area contributed by atoms with Crippen molar-refractivity contribution >= 4 is 32.8 Å². The fourth-order valence-corrected chi connectivity index (χ4v) is 4.57. The quantitative estimate of drug-likeness (QED) is 0.507. The first kappa shape index (κ1) is 20.9. The highest BCUT2D eigenvalue weighted by molar-refractivity contribution is 7.60. The van der Waals surface area contributed by atoms with Crippen LogP contribution in [0, 0.1) is 13.8 Å². The number of aryl methyl sites for hydroxylation is 1. The number of hydrogen-bond donors (Lipinski definition) is 3. The lowest BCUT2D eigenvalue weighted by Crippen LogP contribution is -2.15. The minimum atomic E-state index is -5.43. The Labute approximate surface area is 151 Å². The van der Waals surface area contributed by atoms with Crippen LogP contribution in [0.15, 0.2) is 11.0 Å². The van der Waals surface area contributed by atoms with Gasteiger partial charge < -0.3 is 20.4 Å². The van der Waals surface area contributed by atoms with Gasteiger partial charge in [0, 0.05) is 17.0 Å². The Balaban J connectivity index is 2.17. The Bertz CT molecular complexity index is 968.